The molecule has 0 spiro atoms. The van der Waals surface area contributed by atoms with Gasteiger partial charge in [-0.2, -0.15) is 0 Å². The maximum absolute atomic E-state index is 13.0. The quantitative estimate of drug-likeness (QED) is 0.690. The van der Waals surface area contributed by atoms with Crippen molar-refractivity contribution in [3.05, 3.63) is 35.4 Å². The lowest BCUT2D eigenvalue weighted by Crippen LogP contribution is -2.10. The number of aliphatic hydroxyl groups excluding tert-OH is 1. The number of unbranched alkanes of at least 4 members (excludes halogenated alkanes) is 4. The van der Waals surface area contributed by atoms with Gasteiger partial charge in [0.25, 0.3) is 0 Å². The first kappa shape index (κ1) is 15.1. The summed E-state index contributed by atoms with van der Waals surface area (Å²) in [5.41, 5.74) is 0.648. The minimum atomic E-state index is -0.845. The van der Waals surface area contributed by atoms with Crippen LogP contribution in [0.3, 0.4) is 0 Å². The maximum atomic E-state index is 13.0. The molecule has 18 heavy (non-hydrogen) atoms. The normalized spacial score (nSPS) is 12.7. The van der Waals surface area contributed by atoms with Gasteiger partial charge in [-0.3, -0.25) is 0 Å². The summed E-state index contributed by atoms with van der Waals surface area (Å²) in [7, 11) is 0. The third kappa shape index (κ3) is 5.58. The zero-order chi connectivity index (χ0) is 13.4. The highest BCUT2D eigenvalue weighted by Gasteiger charge is 2.08. The van der Waals surface area contributed by atoms with Crippen LogP contribution in [0.1, 0.15) is 51.0 Å². The van der Waals surface area contributed by atoms with Crippen molar-refractivity contribution in [3.63, 3.8) is 0 Å². The Hall–Kier alpha value is -0.960. The zero-order valence-corrected chi connectivity index (χ0v) is 11.0. The molecule has 0 aliphatic rings. The van der Waals surface area contributed by atoms with E-state index in [0.717, 1.165) is 31.4 Å². The van der Waals surface area contributed by atoms with Crippen LogP contribution in [0.2, 0.25) is 0 Å². The fourth-order valence-electron chi connectivity index (χ4n) is 2.02. The van der Waals surface area contributed by atoms with Crippen LogP contribution < -0.4 is 0 Å². The van der Waals surface area contributed by atoms with Gasteiger partial charge in [-0.25, -0.2) is 8.78 Å². The number of halogens is 2. The summed E-state index contributed by atoms with van der Waals surface area (Å²) in [5, 5.41) is 9.80. The summed E-state index contributed by atoms with van der Waals surface area (Å²) < 4.78 is 25.7. The smallest absolute Gasteiger partial charge is 0.159 e. The van der Waals surface area contributed by atoms with Crippen LogP contribution in [0.4, 0.5) is 8.78 Å². The number of rotatable bonds is 8. The van der Waals surface area contributed by atoms with Gasteiger partial charge in [-0.1, -0.05) is 45.1 Å². The van der Waals surface area contributed by atoms with Gasteiger partial charge in [0.15, 0.2) is 11.6 Å². The van der Waals surface area contributed by atoms with E-state index in [9.17, 15) is 13.9 Å². The molecule has 102 valence electrons. The Morgan fingerprint density at radius 2 is 1.78 bits per heavy atom. The lowest BCUT2D eigenvalue weighted by atomic mass is 10.0. The van der Waals surface area contributed by atoms with E-state index in [2.05, 4.69) is 6.92 Å². The molecular weight excluding hydrogens is 234 g/mol. The first-order valence-corrected chi connectivity index (χ1v) is 6.75. The van der Waals surface area contributed by atoms with E-state index >= 15 is 0 Å². The van der Waals surface area contributed by atoms with Gasteiger partial charge in [0.05, 0.1) is 6.10 Å². The molecule has 1 aromatic rings. The van der Waals surface area contributed by atoms with Gasteiger partial charge in [-0.15, -0.1) is 0 Å². The van der Waals surface area contributed by atoms with E-state index in [1.54, 1.807) is 0 Å². The highest BCUT2D eigenvalue weighted by atomic mass is 19.2. The van der Waals surface area contributed by atoms with Crippen molar-refractivity contribution < 1.29 is 13.9 Å². The minimum Gasteiger partial charge on any atom is -0.393 e. The molecular formula is C15H22F2O. The van der Waals surface area contributed by atoms with Crippen LogP contribution in [-0.4, -0.2) is 11.2 Å². The Morgan fingerprint density at radius 3 is 2.44 bits per heavy atom. The molecule has 1 unspecified atom stereocenters. The first-order chi connectivity index (χ1) is 8.63. The average Bonchev–Trinajstić information content (AvgIpc) is 2.34. The zero-order valence-electron chi connectivity index (χ0n) is 11.0. The van der Waals surface area contributed by atoms with E-state index in [1.165, 1.54) is 25.3 Å². The predicted octanol–water partition coefficient (Wildman–Crippen LogP) is 4.23. The summed E-state index contributed by atoms with van der Waals surface area (Å²) in [4.78, 5) is 0. The van der Waals surface area contributed by atoms with Crippen molar-refractivity contribution in [2.45, 2.75) is 58.0 Å². The molecule has 0 aliphatic carbocycles. The van der Waals surface area contributed by atoms with Crippen LogP contribution in [0.15, 0.2) is 18.2 Å². The minimum absolute atomic E-state index is 0.394. The number of hydrogen-bond acceptors (Lipinski definition) is 1. The summed E-state index contributed by atoms with van der Waals surface area (Å²) in [5.74, 6) is -1.68. The Balaban J connectivity index is 2.26. The van der Waals surface area contributed by atoms with E-state index in [1.807, 2.05) is 0 Å². The Morgan fingerprint density at radius 1 is 1.06 bits per heavy atom. The second kappa shape index (κ2) is 8.20. The van der Waals surface area contributed by atoms with Crippen molar-refractivity contribution in [3.8, 4) is 0 Å². The van der Waals surface area contributed by atoms with Crippen molar-refractivity contribution in [1.82, 2.24) is 0 Å². The second-order valence-electron chi connectivity index (χ2n) is 4.81. The van der Waals surface area contributed by atoms with Gasteiger partial charge in [0, 0.05) is 0 Å². The van der Waals surface area contributed by atoms with Crippen LogP contribution in [-0.2, 0) is 6.42 Å². The number of aliphatic hydroxyl groups is 1. The number of hydrogen-bond donors (Lipinski definition) is 1. The van der Waals surface area contributed by atoms with Crippen molar-refractivity contribution in [2.24, 2.45) is 0 Å². The van der Waals surface area contributed by atoms with Crippen LogP contribution in [0.25, 0.3) is 0 Å². The predicted molar refractivity (Wildman–Crippen MR) is 69.4 cm³/mol. The molecule has 0 radical (unpaired) electrons. The second-order valence-corrected chi connectivity index (χ2v) is 4.81. The molecule has 0 saturated heterocycles. The van der Waals surface area contributed by atoms with Crippen molar-refractivity contribution >= 4 is 0 Å². The van der Waals surface area contributed by atoms with Crippen molar-refractivity contribution in [2.75, 3.05) is 0 Å². The fourth-order valence-corrected chi connectivity index (χ4v) is 2.02. The third-order valence-corrected chi connectivity index (χ3v) is 3.10. The van der Waals surface area contributed by atoms with Gasteiger partial charge in [-0.05, 0) is 30.5 Å². The standard InChI is InChI=1S/C15H22F2O/c1-2-3-4-5-6-7-13(18)10-12-8-9-14(16)15(17)11-12/h8-9,11,13,18H,2-7,10H2,1H3. The molecule has 0 amide bonds. The molecule has 1 rings (SSSR count). The molecule has 0 fully saturated rings. The highest BCUT2D eigenvalue weighted by molar-refractivity contribution is 5.18. The number of benzene rings is 1. The lowest BCUT2D eigenvalue weighted by molar-refractivity contribution is 0.160. The molecule has 1 aromatic carbocycles. The third-order valence-electron chi connectivity index (χ3n) is 3.10. The van der Waals surface area contributed by atoms with Crippen LogP contribution in [0.5, 0.6) is 0 Å². The molecule has 0 bridgehead atoms. The topological polar surface area (TPSA) is 20.2 Å². The van der Waals surface area contributed by atoms with Crippen LogP contribution >= 0.6 is 0 Å². The molecule has 0 saturated carbocycles. The lowest BCUT2D eigenvalue weighted by Gasteiger charge is -2.10. The molecule has 1 atom stereocenters. The van der Waals surface area contributed by atoms with Crippen molar-refractivity contribution in [1.29, 1.82) is 0 Å². The Bertz CT molecular complexity index is 352. The summed E-state index contributed by atoms with van der Waals surface area (Å²) in [6.07, 6.45) is 6.42. The fraction of sp³-hybridized carbons (Fsp3) is 0.600. The SMILES string of the molecule is CCCCCCCC(O)Cc1ccc(F)c(F)c1. The average molecular weight is 256 g/mol. The van der Waals surface area contributed by atoms with Gasteiger partial charge in [0.2, 0.25) is 0 Å². The summed E-state index contributed by atoms with van der Waals surface area (Å²) in [6.45, 7) is 2.16. The summed E-state index contributed by atoms with van der Waals surface area (Å²) in [6, 6.07) is 3.80. The Labute approximate surface area is 108 Å². The monoisotopic (exact) mass is 256 g/mol. The van der Waals surface area contributed by atoms with Gasteiger partial charge < -0.3 is 5.11 Å². The van der Waals surface area contributed by atoms with Gasteiger partial charge >= 0.3 is 0 Å². The van der Waals surface area contributed by atoms with Crippen LogP contribution in [0, 0.1) is 11.6 Å². The largest absolute Gasteiger partial charge is 0.393 e. The molecule has 1 nitrogen and oxygen atoms in total. The molecule has 0 aromatic heterocycles. The van der Waals surface area contributed by atoms with E-state index in [0.29, 0.717) is 12.0 Å². The van der Waals surface area contributed by atoms with E-state index in [4.69, 9.17) is 0 Å². The molecule has 0 heterocycles. The molecule has 3 heteroatoms. The summed E-state index contributed by atoms with van der Waals surface area (Å²) >= 11 is 0. The molecule has 1 N–H and O–H groups in total. The van der Waals surface area contributed by atoms with Gasteiger partial charge in [0.1, 0.15) is 0 Å². The Kier molecular flexibility index (Phi) is 6.88. The van der Waals surface area contributed by atoms with E-state index < -0.39 is 17.7 Å². The highest BCUT2D eigenvalue weighted by Crippen LogP contribution is 2.14. The maximum Gasteiger partial charge on any atom is 0.159 e. The first-order valence-electron chi connectivity index (χ1n) is 6.75. The van der Waals surface area contributed by atoms with E-state index in [-0.39, 0.29) is 0 Å². The molecule has 0 aliphatic heterocycles.